The minimum Gasteiger partial charge on any atom is -0.369 e. The highest BCUT2D eigenvalue weighted by Crippen LogP contribution is 2.32. The summed E-state index contributed by atoms with van der Waals surface area (Å²) in [6, 6.07) is 10.3. The molecule has 1 aliphatic rings. The SMILES string of the molecule is ClCC1CCC(c2ccccc2)O1. The highest BCUT2D eigenvalue weighted by Gasteiger charge is 2.25. The molecule has 0 radical (unpaired) electrons. The minimum atomic E-state index is 0.256. The highest BCUT2D eigenvalue weighted by molar-refractivity contribution is 6.18. The summed E-state index contributed by atoms with van der Waals surface area (Å²) in [6.07, 6.45) is 2.71. The zero-order valence-electron chi connectivity index (χ0n) is 7.45. The number of halogens is 1. The van der Waals surface area contributed by atoms with Gasteiger partial charge < -0.3 is 4.74 Å². The van der Waals surface area contributed by atoms with Gasteiger partial charge in [0.25, 0.3) is 0 Å². The molecule has 2 unspecified atom stereocenters. The van der Waals surface area contributed by atoms with E-state index in [1.807, 2.05) is 18.2 Å². The molecule has 0 aliphatic carbocycles. The molecule has 13 heavy (non-hydrogen) atoms. The van der Waals surface area contributed by atoms with Gasteiger partial charge in [0.1, 0.15) is 0 Å². The molecule has 0 bridgehead atoms. The summed E-state index contributed by atoms with van der Waals surface area (Å²) in [5, 5.41) is 0. The van der Waals surface area contributed by atoms with Crippen LogP contribution in [0.3, 0.4) is 0 Å². The largest absolute Gasteiger partial charge is 0.369 e. The lowest BCUT2D eigenvalue weighted by atomic mass is 10.1. The average Bonchev–Trinajstić information content (AvgIpc) is 2.67. The number of ether oxygens (including phenoxy) is 1. The van der Waals surface area contributed by atoms with Crippen LogP contribution in [-0.4, -0.2) is 12.0 Å². The van der Waals surface area contributed by atoms with Crippen LogP contribution in [0.4, 0.5) is 0 Å². The van der Waals surface area contributed by atoms with Crippen molar-refractivity contribution in [1.29, 1.82) is 0 Å². The molecule has 0 spiro atoms. The van der Waals surface area contributed by atoms with Crippen molar-refractivity contribution in [2.45, 2.75) is 25.0 Å². The van der Waals surface area contributed by atoms with E-state index in [0.29, 0.717) is 5.88 Å². The van der Waals surface area contributed by atoms with Gasteiger partial charge in [0.05, 0.1) is 12.2 Å². The van der Waals surface area contributed by atoms with Crippen LogP contribution in [0.25, 0.3) is 0 Å². The Morgan fingerprint density at radius 3 is 2.62 bits per heavy atom. The third kappa shape index (κ3) is 2.04. The monoisotopic (exact) mass is 196 g/mol. The van der Waals surface area contributed by atoms with Crippen molar-refractivity contribution < 1.29 is 4.74 Å². The average molecular weight is 197 g/mol. The van der Waals surface area contributed by atoms with E-state index in [4.69, 9.17) is 16.3 Å². The zero-order valence-corrected chi connectivity index (χ0v) is 8.20. The molecule has 2 rings (SSSR count). The van der Waals surface area contributed by atoms with Gasteiger partial charge in [0.2, 0.25) is 0 Å². The van der Waals surface area contributed by atoms with E-state index in [1.165, 1.54) is 5.56 Å². The fraction of sp³-hybridized carbons (Fsp3) is 0.455. The van der Waals surface area contributed by atoms with Crippen LogP contribution in [-0.2, 0) is 4.74 Å². The first kappa shape index (κ1) is 9.04. The van der Waals surface area contributed by atoms with Gasteiger partial charge in [-0.2, -0.15) is 0 Å². The Morgan fingerprint density at radius 1 is 1.23 bits per heavy atom. The summed E-state index contributed by atoms with van der Waals surface area (Å²) in [5.74, 6) is 0.614. The summed E-state index contributed by atoms with van der Waals surface area (Å²) < 4.78 is 5.76. The predicted molar refractivity (Wildman–Crippen MR) is 54.0 cm³/mol. The lowest BCUT2D eigenvalue weighted by molar-refractivity contribution is 0.0574. The van der Waals surface area contributed by atoms with E-state index >= 15 is 0 Å². The van der Waals surface area contributed by atoms with Gasteiger partial charge in [-0.05, 0) is 18.4 Å². The van der Waals surface area contributed by atoms with E-state index in [9.17, 15) is 0 Å². The van der Waals surface area contributed by atoms with E-state index in [0.717, 1.165) is 12.8 Å². The second kappa shape index (κ2) is 4.12. The van der Waals surface area contributed by atoms with Gasteiger partial charge in [-0.1, -0.05) is 30.3 Å². The van der Waals surface area contributed by atoms with Crippen molar-refractivity contribution >= 4 is 11.6 Å². The second-order valence-electron chi connectivity index (χ2n) is 3.39. The van der Waals surface area contributed by atoms with Gasteiger partial charge in [-0.3, -0.25) is 0 Å². The van der Waals surface area contributed by atoms with Gasteiger partial charge in [-0.15, -0.1) is 11.6 Å². The minimum absolute atomic E-state index is 0.256. The van der Waals surface area contributed by atoms with Gasteiger partial charge in [0.15, 0.2) is 0 Å². The van der Waals surface area contributed by atoms with Crippen molar-refractivity contribution in [1.82, 2.24) is 0 Å². The summed E-state index contributed by atoms with van der Waals surface area (Å²) in [7, 11) is 0. The summed E-state index contributed by atoms with van der Waals surface area (Å²) in [6.45, 7) is 0. The van der Waals surface area contributed by atoms with Crippen LogP contribution < -0.4 is 0 Å². The molecule has 0 amide bonds. The Labute approximate surface area is 83.7 Å². The van der Waals surface area contributed by atoms with Crippen LogP contribution in [0, 0.1) is 0 Å². The molecule has 1 aromatic rings. The van der Waals surface area contributed by atoms with E-state index in [1.54, 1.807) is 0 Å². The van der Waals surface area contributed by atoms with Crippen LogP contribution in [0.5, 0.6) is 0 Å². The summed E-state index contributed by atoms with van der Waals surface area (Å²) in [4.78, 5) is 0. The first-order chi connectivity index (χ1) is 6.40. The van der Waals surface area contributed by atoms with Crippen LogP contribution in [0.15, 0.2) is 30.3 Å². The van der Waals surface area contributed by atoms with Gasteiger partial charge in [-0.25, -0.2) is 0 Å². The Bertz CT molecular complexity index is 260. The summed E-state index contributed by atoms with van der Waals surface area (Å²) in [5.41, 5.74) is 1.27. The predicted octanol–water partition coefficient (Wildman–Crippen LogP) is 3.15. The number of benzene rings is 1. The molecule has 1 aromatic carbocycles. The highest BCUT2D eigenvalue weighted by atomic mass is 35.5. The molecule has 0 saturated carbocycles. The Morgan fingerprint density at radius 2 is 2.00 bits per heavy atom. The Hall–Kier alpha value is -0.530. The fourth-order valence-electron chi connectivity index (χ4n) is 1.73. The molecule has 0 N–H and O–H groups in total. The molecular weight excluding hydrogens is 184 g/mol. The van der Waals surface area contributed by atoms with E-state index in [2.05, 4.69) is 12.1 Å². The maximum atomic E-state index is 5.76. The third-order valence-electron chi connectivity index (χ3n) is 2.45. The van der Waals surface area contributed by atoms with Crippen LogP contribution in [0.1, 0.15) is 24.5 Å². The molecule has 2 atom stereocenters. The fourth-order valence-corrected chi connectivity index (χ4v) is 1.96. The number of hydrogen-bond acceptors (Lipinski definition) is 1. The van der Waals surface area contributed by atoms with Crippen molar-refractivity contribution in [2.24, 2.45) is 0 Å². The van der Waals surface area contributed by atoms with Gasteiger partial charge in [0, 0.05) is 5.88 Å². The molecule has 0 aromatic heterocycles. The molecule has 2 heteroatoms. The van der Waals surface area contributed by atoms with Crippen LogP contribution >= 0.6 is 11.6 Å². The lowest BCUT2D eigenvalue weighted by Crippen LogP contribution is -2.07. The maximum absolute atomic E-state index is 5.76. The normalized spacial score (nSPS) is 27.8. The number of alkyl halides is 1. The second-order valence-corrected chi connectivity index (χ2v) is 3.70. The topological polar surface area (TPSA) is 9.23 Å². The number of rotatable bonds is 2. The summed E-state index contributed by atoms with van der Waals surface area (Å²) >= 11 is 5.74. The van der Waals surface area contributed by atoms with Crippen molar-refractivity contribution in [3.8, 4) is 0 Å². The number of hydrogen-bond donors (Lipinski definition) is 0. The first-order valence-corrected chi connectivity index (χ1v) is 5.20. The van der Waals surface area contributed by atoms with Crippen molar-refractivity contribution in [3.63, 3.8) is 0 Å². The molecule has 70 valence electrons. The first-order valence-electron chi connectivity index (χ1n) is 4.66. The standard InChI is InChI=1S/C11H13ClO/c12-8-10-6-7-11(13-10)9-4-2-1-3-5-9/h1-5,10-11H,6-8H2. The quantitative estimate of drug-likeness (QED) is 0.661. The van der Waals surface area contributed by atoms with Crippen molar-refractivity contribution in [2.75, 3.05) is 5.88 Å². The Balaban J connectivity index is 2.04. The molecule has 1 aliphatic heterocycles. The van der Waals surface area contributed by atoms with E-state index < -0.39 is 0 Å². The maximum Gasteiger partial charge on any atom is 0.0830 e. The molecule has 1 saturated heterocycles. The lowest BCUT2D eigenvalue weighted by Gasteiger charge is -2.11. The van der Waals surface area contributed by atoms with E-state index in [-0.39, 0.29) is 12.2 Å². The van der Waals surface area contributed by atoms with Gasteiger partial charge >= 0.3 is 0 Å². The smallest absolute Gasteiger partial charge is 0.0830 e. The van der Waals surface area contributed by atoms with Crippen LogP contribution in [0.2, 0.25) is 0 Å². The molecule has 1 heterocycles. The molecule has 1 fully saturated rings. The van der Waals surface area contributed by atoms with Crippen molar-refractivity contribution in [3.05, 3.63) is 35.9 Å². The zero-order chi connectivity index (χ0) is 9.10. The Kier molecular flexibility index (Phi) is 2.87. The molecule has 1 nitrogen and oxygen atoms in total. The molecular formula is C11H13ClO. The third-order valence-corrected chi connectivity index (χ3v) is 2.80.